The summed E-state index contributed by atoms with van der Waals surface area (Å²) in [4.78, 5) is 2.23. The zero-order valence-corrected chi connectivity index (χ0v) is 21.1. The monoisotopic (exact) mass is 509 g/mol. The number of nitrogens with zero attached hydrogens (tertiary/aromatic N) is 1. The molecule has 5 nitrogen and oxygen atoms in total. The van der Waals surface area contributed by atoms with Gasteiger partial charge >= 0.3 is 0 Å². The molecular formula is C25H26Cl3NO4. The van der Waals surface area contributed by atoms with Crippen LogP contribution in [-0.4, -0.2) is 36.2 Å². The first kappa shape index (κ1) is 22.8. The van der Waals surface area contributed by atoms with Crippen LogP contribution in [0.5, 0.6) is 23.0 Å². The third-order valence-corrected chi connectivity index (χ3v) is 7.25. The van der Waals surface area contributed by atoms with Gasteiger partial charge in [0.05, 0.1) is 14.2 Å². The maximum absolute atomic E-state index is 6.68. The van der Waals surface area contributed by atoms with E-state index in [1.54, 1.807) is 14.2 Å². The lowest BCUT2D eigenvalue weighted by Gasteiger charge is -2.47. The lowest BCUT2D eigenvalue weighted by molar-refractivity contribution is 0.174. The molecule has 33 heavy (non-hydrogen) atoms. The molecule has 0 fully saturated rings. The number of benzene rings is 2. The topological polar surface area (TPSA) is 40.2 Å². The van der Waals surface area contributed by atoms with Gasteiger partial charge in [-0.1, -0.05) is 54.2 Å². The second-order valence-electron chi connectivity index (χ2n) is 8.44. The Bertz CT molecular complexity index is 1130. The molecular weight excluding hydrogens is 485 g/mol. The molecule has 5 rings (SSSR count). The lowest BCUT2D eigenvalue weighted by atomic mass is 9.80. The van der Waals surface area contributed by atoms with Gasteiger partial charge in [-0.2, -0.15) is 0 Å². The molecule has 0 amide bonds. The van der Waals surface area contributed by atoms with Crippen molar-refractivity contribution in [2.75, 3.05) is 27.6 Å². The number of alkyl halides is 3. The van der Waals surface area contributed by atoms with Gasteiger partial charge in [0.25, 0.3) is 0 Å². The fourth-order valence-corrected chi connectivity index (χ4v) is 5.91. The molecule has 0 saturated carbocycles. The van der Waals surface area contributed by atoms with Gasteiger partial charge in [0, 0.05) is 23.4 Å². The fraction of sp³-hybridized carbons (Fsp3) is 0.440. The standard InChI is InChI=1S/C25H26Cl3NO4/c1-4-5-6-16-15-7-8-18(30-2)23(31-3)21(15)24(25(26,27)28)29-10-9-14-11-19-20(33-13-32-19)12-17(14)22(16)29/h7-8,11-12,24H,4-6,9-10,13H2,1-3H3/t24-/m1/s1. The van der Waals surface area contributed by atoms with Gasteiger partial charge in [0.2, 0.25) is 10.6 Å². The van der Waals surface area contributed by atoms with E-state index in [-0.39, 0.29) is 6.79 Å². The van der Waals surface area contributed by atoms with Crippen LogP contribution >= 0.6 is 34.8 Å². The van der Waals surface area contributed by atoms with E-state index < -0.39 is 9.83 Å². The normalized spacial score (nSPS) is 18.6. The highest BCUT2D eigenvalue weighted by Crippen LogP contribution is 2.58. The molecule has 0 bridgehead atoms. The molecule has 0 N–H and O–H groups in total. The highest BCUT2D eigenvalue weighted by atomic mass is 35.6. The lowest BCUT2D eigenvalue weighted by Crippen LogP contribution is -2.42. The van der Waals surface area contributed by atoms with E-state index in [1.807, 2.05) is 6.07 Å². The Hall–Kier alpha value is -1.95. The minimum Gasteiger partial charge on any atom is -0.493 e. The van der Waals surface area contributed by atoms with Gasteiger partial charge in [-0.05, 0) is 54.2 Å². The molecule has 3 aliphatic rings. The highest BCUT2D eigenvalue weighted by Gasteiger charge is 2.48. The van der Waals surface area contributed by atoms with Crippen LogP contribution in [0.25, 0.3) is 11.3 Å². The van der Waals surface area contributed by atoms with Crippen LogP contribution in [0.4, 0.5) is 0 Å². The van der Waals surface area contributed by atoms with Crippen LogP contribution in [-0.2, 0) is 6.42 Å². The Kier molecular flexibility index (Phi) is 6.00. The molecule has 0 saturated heterocycles. The Morgan fingerprint density at radius 3 is 2.48 bits per heavy atom. The zero-order chi connectivity index (χ0) is 23.3. The molecule has 176 valence electrons. The third-order valence-electron chi connectivity index (χ3n) is 6.63. The van der Waals surface area contributed by atoms with Crippen LogP contribution in [0.1, 0.15) is 54.5 Å². The molecule has 0 aromatic heterocycles. The Labute approximate surface area is 209 Å². The summed E-state index contributed by atoms with van der Waals surface area (Å²) < 4.78 is 21.2. The summed E-state index contributed by atoms with van der Waals surface area (Å²) in [5, 5.41) is 0. The summed E-state index contributed by atoms with van der Waals surface area (Å²) in [6.07, 6.45) is 3.81. The van der Waals surface area contributed by atoms with Crippen molar-refractivity contribution in [2.24, 2.45) is 0 Å². The van der Waals surface area contributed by atoms with E-state index in [9.17, 15) is 0 Å². The molecule has 0 spiro atoms. The van der Waals surface area contributed by atoms with Crippen molar-refractivity contribution in [3.8, 4) is 23.0 Å². The number of unbranched alkanes of at least 4 members (excludes halogenated alkanes) is 1. The van der Waals surface area contributed by atoms with Crippen molar-refractivity contribution in [3.05, 3.63) is 46.5 Å². The number of allylic oxidation sites excluding steroid dienone is 1. The number of fused-ring (bicyclic) bond motifs is 5. The maximum Gasteiger partial charge on any atom is 0.231 e. The molecule has 8 heteroatoms. The van der Waals surface area contributed by atoms with E-state index in [1.165, 1.54) is 11.1 Å². The van der Waals surface area contributed by atoms with Gasteiger partial charge in [0.15, 0.2) is 23.0 Å². The number of methoxy groups -OCH3 is 2. The molecule has 0 aliphatic carbocycles. The summed E-state index contributed by atoms with van der Waals surface area (Å²) in [5.74, 6) is 2.77. The van der Waals surface area contributed by atoms with Crippen molar-refractivity contribution < 1.29 is 18.9 Å². The minimum atomic E-state index is -1.59. The summed E-state index contributed by atoms with van der Waals surface area (Å²) in [6, 6.07) is 7.62. The first-order valence-corrected chi connectivity index (χ1v) is 12.3. The van der Waals surface area contributed by atoms with Gasteiger partial charge < -0.3 is 23.8 Å². The predicted octanol–water partition coefficient (Wildman–Crippen LogP) is 6.77. The third kappa shape index (κ3) is 3.69. The van der Waals surface area contributed by atoms with Gasteiger partial charge in [-0.25, -0.2) is 0 Å². The van der Waals surface area contributed by atoms with Crippen LogP contribution in [0.15, 0.2) is 24.3 Å². The summed E-state index contributed by atoms with van der Waals surface area (Å²) in [5.41, 5.74) is 6.53. The van der Waals surface area contributed by atoms with Crippen molar-refractivity contribution in [1.29, 1.82) is 0 Å². The second kappa shape index (κ2) is 8.68. The number of hydrogen-bond acceptors (Lipinski definition) is 5. The zero-order valence-electron chi connectivity index (χ0n) is 18.8. The number of rotatable bonds is 5. The van der Waals surface area contributed by atoms with E-state index >= 15 is 0 Å². The van der Waals surface area contributed by atoms with Crippen molar-refractivity contribution in [3.63, 3.8) is 0 Å². The van der Waals surface area contributed by atoms with Gasteiger partial charge in [-0.3, -0.25) is 0 Å². The van der Waals surface area contributed by atoms with E-state index in [0.29, 0.717) is 18.0 Å². The van der Waals surface area contributed by atoms with E-state index in [2.05, 4.69) is 30.0 Å². The first-order valence-electron chi connectivity index (χ1n) is 11.1. The summed E-state index contributed by atoms with van der Waals surface area (Å²) >= 11 is 20.0. The van der Waals surface area contributed by atoms with Crippen molar-refractivity contribution in [1.82, 2.24) is 4.90 Å². The molecule has 0 radical (unpaired) electrons. The molecule has 2 aromatic rings. The molecule has 3 aliphatic heterocycles. The number of hydrogen-bond donors (Lipinski definition) is 0. The van der Waals surface area contributed by atoms with Crippen LogP contribution in [0.2, 0.25) is 0 Å². The molecule has 2 aromatic carbocycles. The average molecular weight is 511 g/mol. The van der Waals surface area contributed by atoms with Gasteiger partial charge in [0.1, 0.15) is 6.04 Å². The van der Waals surface area contributed by atoms with Crippen LogP contribution in [0.3, 0.4) is 0 Å². The Morgan fingerprint density at radius 1 is 1.06 bits per heavy atom. The molecule has 1 atom stereocenters. The van der Waals surface area contributed by atoms with Crippen LogP contribution in [0, 0.1) is 0 Å². The van der Waals surface area contributed by atoms with E-state index in [0.717, 1.165) is 59.6 Å². The number of halogens is 3. The fourth-order valence-electron chi connectivity index (χ4n) is 5.23. The quantitative estimate of drug-likeness (QED) is 0.415. The smallest absolute Gasteiger partial charge is 0.231 e. The van der Waals surface area contributed by atoms with Crippen molar-refractivity contribution >= 4 is 46.1 Å². The second-order valence-corrected chi connectivity index (χ2v) is 10.8. The molecule has 0 unspecified atom stereocenters. The Morgan fingerprint density at radius 2 is 1.82 bits per heavy atom. The average Bonchev–Trinajstić information content (AvgIpc) is 3.25. The van der Waals surface area contributed by atoms with Gasteiger partial charge in [-0.15, -0.1) is 0 Å². The van der Waals surface area contributed by atoms with E-state index in [4.69, 9.17) is 53.8 Å². The number of ether oxygens (including phenoxy) is 4. The summed E-state index contributed by atoms with van der Waals surface area (Å²) in [7, 11) is 3.25. The van der Waals surface area contributed by atoms with Crippen LogP contribution < -0.4 is 18.9 Å². The largest absolute Gasteiger partial charge is 0.493 e. The predicted molar refractivity (Wildman–Crippen MR) is 132 cm³/mol. The Balaban J connectivity index is 1.83. The first-order chi connectivity index (χ1) is 15.9. The maximum atomic E-state index is 6.68. The minimum absolute atomic E-state index is 0.236. The highest BCUT2D eigenvalue weighted by molar-refractivity contribution is 6.68. The SMILES string of the molecule is CCCCC1=C2c3cc4c(cc3CCN2[C@@H](C(Cl)(Cl)Cl)c2c1ccc(OC)c2OC)OCO4. The van der Waals surface area contributed by atoms with Crippen molar-refractivity contribution in [2.45, 2.75) is 42.4 Å². The molecule has 3 heterocycles. The summed E-state index contributed by atoms with van der Waals surface area (Å²) in [6.45, 7) is 3.13.